The molecule has 2 N–H and O–H groups in total. The topological polar surface area (TPSA) is 95.8 Å². The van der Waals surface area contributed by atoms with Crippen molar-refractivity contribution in [1.82, 2.24) is 25.0 Å². The number of aromatic nitrogens is 3. The van der Waals surface area contributed by atoms with Crippen LogP contribution in [-0.4, -0.2) is 64.1 Å². The van der Waals surface area contributed by atoms with Crippen LogP contribution in [0.1, 0.15) is 11.4 Å². The summed E-state index contributed by atoms with van der Waals surface area (Å²) in [5.74, 6) is 1.54. The van der Waals surface area contributed by atoms with Crippen molar-refractivity contribution >= 4 is 11.7 Å². The number of hydrogen-bond acceptors (Lipinski definition) is 6. The second kappa shape index (κ2) is 8.95. The van der Waals surface area contributed by atoms with Crippen molar-refractivity contribution in [2.45, 2.75) is 13.5 Å². The molecule has 0 atom stereocenters. The molecular weight excluding hydrogens is 396 g/mol. The number of hydrogen-bond donors (Lipinski definition) is 2. The number of ether oxygens (including phenoxy) is 1. The zero-order valence-electron chi connectivity index (χ0n) is 17.7. The molecule has 9 heteroatoms. The number of para-hydroxylation sites is 1. The van der Waals surface area contributed by atoms with Gasteiger partial charge in [0.25, 0.3) is 0 Å². The molecule has 9 nitrogen and oxygen atoms in total. The Bertz CT molecular complexity index is 1060. The van der Waals surface area contributed by atoms with Crippen LogP contribution in [-0.2, 0) is 6.54 Å². The molecule has 0 aliphatic carbocycles. The molecule has 0 spiro atoms. The number of anilines is 1. The quantitative estimate of drug-likeness (QED) is 0.655. The van der Waals surface area contributed by atoms with E-state index in [1.54, 1.807) is 36.0 Å². The zero-order chi connectivity index (χ0) is 21.8. The minimum absolute atomic E-state index is 0.0923. The van der Waals surface area contributed by atoms with Crippen LogP contribution < -0.4 is 15.0 Å². The molecule has 0 saturated carbocycles. The van der Waals surface area contributed by atoms with E-state index in [-0.39, 0.29) is 11.8 Å². The predicted molar refractivity (Wildman–Crippen MR) is 117 cm³/mol. The summed E-state index contributed by atoms with van der Waals surface area (Å²) in [7, 11) is 1.62. The van der Waals surface area contributed by atoms with Gasteiger partial charge in [0, 0.05) is 50.0 Å². The summed E-state index contributed by atoms with van der Waals surface area (Å²) >= 11 is 0. The maximum absolute atomic E-state index is 12.6. The lowest BCUT2D eigenvalue weighted by atomic mass is 10.2. The van der Waals surface area contributed by atoms with Crippen LogP contribution in [0.2, 0.25) is 0 Å². The van der Waals surface area contributed by atoms with E-state index < -0.39 is 0 Å². The Kier molecular flexibility index (Phi) is 5.92. The van der Waals surface area contributed by atoms with Gasteiger partial charge in [0.2, 0.25) is 0 Å². The molecule has 3 aromatic rings. The summed E-state index contributed by atoms with van der Waals surface area (Å²) in [4.78, 5) is 20.6. The Hall–Kier alpha value is -3.75. The molecule has 31 heavy (non-hydrogen) atoms. The number of aryl methyl sites for hydroxylation is 1. The molecule has 2 amide bonds. The first kappa shape index (κ1) is 20.5. The standard InChI is InChI=1S/C22H26N6O3/c1-16-24-15-28(25-16)19-8-7-18(13-20(19)29)26-9-11-27(12-10-26)22(30)23-14-17-5-3-4-6-21(17)31-2/h3-8,13,15,29H,9-12,14H2,1-2H3,(H,23,30). The zero-order valence-corrected chi connectivity index (χ0v) is 17.7. The third kappa shape index (κ3) is 4.55. The lowest BCUT2D eigenvalue weighted by Gasteiger charge is -2.36. The van der Waals surface area contributed by atoms with Gasteiger partial charge in [-0.25, -0.2) is 14.5 Å². The van der Waals surface area contributed by atoms with Crippen molar-refractivity contribution in [2.75, 3.05) is 38.2 Å². The number of carbonyl (C=O) groups is 1. The highest BCUT2D eigenvalue weighted by atomic mass is 16.5. The Morgan fingerprint density at radius 1 is 1.16 bits per heavy atom. The highest BCUT2D eigenvalue weighted by Gasteiger charge is 2.22. The van der Waals surface area contributed by atoms with Crippen LogP contribution in [0.15, 0.2) is 48.8 Å². The van der Waals surface area contributed by atoms with Gasteiger partial charge >= 0.3 is 6.03 Å². The molecule has 0 bridgehead atoms. The Morgan fingerprint density at radius 3 is 2.61 bits per heavy atom. The van der Waals surface area contributed by atoms with Gasteiger partial charge in [-0.1, -0.05) is 18.2 Å². The first-order valence-electron chi connectivity index (χ1n) is 10.2. The number of urea groups is 1. The van der Waals surface area contributed by atoms with Gasteiger partial charge < -0.3 is 25.0 Å². The Morgan fingerprint density at radius 2 is 1.94 bits per heavy atom. The summed E-state index contributed by atoms with van der Waals surface area (Å²) in [5.41, 5.74) is 2.43. The highest BCUT2D eigenvalue weighted by Crippen LogP contribution is 2.28. The molecule has 4 rings (SSSR count). The van der Waals surface area contributed by atoms with Crippen LogP contribution in [0, 0.1) is 6.92 Å². The number of rotatable bonds is 5. The number of amides is 2. The molecule has 1 aliphatic rings. The van der Waals surface area contributed by atoms with Crippen LogP contribution in [0.25, 0.3) is 5.69 Å². The van der Waals surface area contributed by atoms with Crippen LogP contribution >= 0.6 is 0 Å². The molecule has 0 unspecified atom stereocenters. The molecule has 1 aliphatic heterocycles. The van der Waals surface area contributed by atoms with Crippen molar-refractivity contribution in [2.24, 2.45) is 0 Å². The van der Waals surface area contributed by atoms with Gasteiger partial charge in [0.05, 0.1) is 7.11 Å². The number of phenols is 1. The third-order valence-electron chi connectivity index (χ3n) is 5.37. The maximum atomic E-state index is 12.6. The summed E-state index contributed by atoms with van der Waals surface area (Å²) in [6.07, 6.45) is 1.58. The monoisotopic (exact) mass is 422 g/mol. The fourth-order valence-corrected chi connectivity index (χ4v) is 3.66. The van der Waals surface area contributed by atoms with Crippen molar-refractivity contribution in [3.05, 3.63) is 60.2 Å². The summed E-state index contributed by atoms with van der Waals surface area (Å²) in [5, 5.41) is 17.6. The fraction of sp³-hybridized carbons (Fsp3) is 0.318. The van der Waals surface area contributed by atoms with E-state index in [2.05, 4.69) is 20.3 Å². The highest BCUT2D eigenvalue weighted by molar-refractivity contribution is 5.74. The van der Waals surface area contributed by atoms with Gasteiger partial charge in [-0.05, 0) is 25.1 Å². The van der Waals surface area contributed by atoms with E-state index in [1.165, 1.54) is 0 Å². The average molecular weight is 422 g/mol. The lowest BCUT2D eigenvalue weighted by Crippen LogP contribution is -2.51. The van der Waals surface area contributed by atoms with Crippen molar-refractivity contribution in [3.63, 3.8) is 0 Å². The number of phenolic OH excluding ortho intramolecular Hbond substituents is 1. The van der Waals surface area contributed by atoms with Gasteiger partial charge in [-0.15, -0.1) is 0 Å². The van der Waals surface area contributed by atoms with E-state index in [0.717, 1.165) is 17.0 Å². The van der Waals surface area contributed by atoms with Crippen LogP contribution in [0.4, 0.5) is 10.5 Å². The fourth-order valence-electron chi connectivity index (χ4n) is 3.66. The molecule has 1 fully saturated rings. The molecule has 162 valence electrons. The largest absolute Gasteiger partial charge is 0.506 e. The second-order valence-corrected chi connectivity index (χ2v) is 7.35. The van der Waals surface area contributed by atoms with E-state index in [1.807, 2.05) is 36.4 Å². The van der Waals surface area contributed by atoms with Crippen molar-refractivity contribution < 1.29 is 14.6 Å². The van der Waals surface area contributed by atoms with E-state index in [0.29, 0.717) is 44.2 Å². The average Bonchev–Trinajstić information content (AvgIpc) is 3.23. The van der Waals surface area contributed by atoms with Gasteiger partial charge in [-0.2, -0.15) is 5.10 Å². The Balaban J connectivity index is 1.33. The maximum Gasteiger partial charge on any atom is 0.317 e. The Labute approximate surface area is 180 Å². The SMILES string of the molecule is COc1ccccc1CNC(=O)N1CCN(c2ccc(-n3cnc(C)n3)c(O)c2)CC1. The number of carbonyl (C=O) groups excluding carboxylic acids is 1. The van der Waals surface area contributed by atoms with Gasteiger partial charge in [0.15, 0.2) is 0 Å². The first-order valence-corrected chi connectivity index (χ1v) is 10.2. The second-order valence-electron chi connectivity index (χ2n) is 7.35. The van der Waals surface area contributed by atoms with E-state index in [4.69, 9.17) is 4.74 Å². The number of nitrogens with zero attached hydrogens (tertiary/aromatic N) is 5. The van der Waals surface area contributed by atoms with Crippen LogP contribution in [0.3, 0.4) is 0 Å². The minimum atomic E-state index is -0.0923. The summed E-state index contributed by atoms with van der Waals surface area (Å²) in [6.45, 7) is 4.78. The predicted octanol–water partition coefficient (Wildman–Crippen LogP) is 2.32. The third-order valence-corrected chi connectivity index (χ3v) is 5.37. The normalized spacial score (nSPS) is 13.9. The lowest BCUT2D eigenvalue weighted by molar-refractivity contribution is 0.194. The molecule has 2 aromatic carbocycles. The smallest absolute Gasteiger partial charge is 0.317 e. The molecule has 1 aromatic heterocycles. The van der Waals surface area contributed by atoms with E-state index >= 15 is 0 Å². The minimum Gasteiger partial charge on any atom is -0.506 e. The molecular formula is C22H26N6O3. The van der Waals surface area contributed by atoms with E-state index in [9.17, 15) is 9.90 Å². The molecule has 0 radical (unpaired) electrons. The molecule has 1 saturated heterocycles. The number of methoxy groups -OCH3 is 1. The van der Waals surface area contributed by atoms with Crippen LogP contribution in [0.5, 0.6) is 11.5 Å². The number of benzene rings is 2. The van der Waals surface area contributed by atoms with Crippen molar-refractivity contribution in [1.29, 1.82) is 0 Å². The van der Waals surface area contributed by atoms with Gasteiger partial charge in [0.1, 0.15) is 29.3 Å². The summed E-state index contributed by atoms with van der Waals surface area (Å²) < 4.78 is 6.89. The number of nitrogens with one attached hydrogen (secondary N) is 1. The summed E-state index contributed by atoms with van der Waals surface area (Å²) in [6, 6.07) is 13.1. The van der Waals surface area contributed by atoms with Gasteiger partial charge in [-0.3, -0.25) is 0 Å². The first-order chi connectivity index (χ1) is 15.0. The number of aromatic hydroxyl groups is 1. The number of piperazine rings is 1. The van der Waals surface area contributed by atoms with Crippen molar-refractivity contribution in [3.8, 4) is 17.2 Å². The molecule has 2 heterocycles.